The number of para-hydroxylation sites is 1. The molecule has 0 bridgehead atoms. The lowest BCUT2D eigenvalue weighted by Gasteiger charge is -2.29. The molecule has 29 heavy (non-hydrogen) atoms. The minimum Gasteiger partial charge on any atom is -0.391 e. The molecule has 2 aliphatic heterocycles. The van der Waals surface area contributed by atoms with E-state index < -0.39 is 12.1 Å². The van der Waals surface area contributed by atoms with Gasteiger partial charge in [-0.1, -0.05) is 12.1 Å². The van der Waals surface area contributed by atoms with Gasteiger partial charge in [-0.2, -0.15) is 0 Å². The number of likely N-dealkylation sites (tertiary alicyclic amines) is 1. The number of nitrogens with zero attached hydrogens (tertiary/aromatic N) is 3. The largest absolute Gasteiger partial charge is 0.391 e. The second-order valence-corrected chi connectivity index (χ2v) is 7.37. The summed E-state index contributed by atoms with van der Waals surface area (Å²) in [7, 11) is 0. The average molecular weight is 394 g/mol. The summed E-state index contributed by atoms with van der Waals surface area (Å²) in [6.07, 6.45) is 3.65. The fraction of sp³-hybridized carbons (Fsp3) is 0.333. The number of aliphatic hydroxyl groups is 1. The summed E-state index contributed by atoms with van der Waals surface area (Å²) in [5.41, 5.74) is 1.91. The molecule has 2 atom stereocenters. The zero-order chi connectivity index (χ0) is 20.4. The van der Waals surface area contributed by atoms with Crippen LogP contribution in [-0.2, 0) is 11.2 Å². The van der Waals surface area contributed by atoms with Crippen LogP contribution in [0.1, 0.15) is 22.3 Å². The Hall–Kier alpha value is -3.26. The second kappa shape index (κ2) is 8.00. The molecular formula is C21H22N4O4. The standard InChI is InChI=1S/C21H22N4O4/c26-18-13-24(12-15(18)11-14-5-8-22-9-6-14)20(28)16-3-1-2-4-17(16)25-10-7-19(27)23-21(25)29/h1-6,8-9,15,18,26H,7,10-13H2,(H,23,27,29)/t15-,18-/m1/s1. The molecule has 0 spiro atoms. The molecule has 4 rings (SSSR count). The Bertz CT molecular complexity index is 933. The number of benzene rings is 1. The van der Waals surface area contributed by atoms with Crippen LogP contribution in [-0.4, -0.2) is 58.6 Å². The van der Waals surface area contributed by atoms with Gasteiger partial charge in [0.25, 0.3) is 5.91 Å². The van der Waals surface area contributed by atoms with Gasteiger partial charge in [-0.25, -0.2) is 4.79 Å². The molecule has 2 saturated heterocycles. The van der Waals surface area contributed by atoms with E-state index in [4.69, 9.17) is 0 Å². The van der Waals surface area contributed by atoms with Crippen molar-refractivity contribution < 1.29 is 19.5 Å². The van der Waals surface area contributed by atoms with Crippen LogP contribution in [0.25, 0.3) is 0 Å². The predicted octanol–water partition coefficient (Wildman–Crippen LogP) is 1.20. The quantitative estimate of drug-likeness (QED) is 0.811. The normalized spacial score (nSPS) is 22.0. The van der Waals surface area contributed by atoms with Crippen LogP contribution in [0.15, 0.2) is 48.8 Å². The first-order valence-electron chi connectivity index (χ1n) is 9.59. The van der Waals surface area contributed by atoms with E-state index in [1.165, 1.54) is 4.90 Å². The summed E-state index contributed by atoms with van der Waals surface area (Å²) in [6, 6.07) is 10.1. The van der Waals surface area contributed by atoms with Crippen LogP contribution in [0.2, 0.25) is 0 Å². The van der Waals surface area contributed by atoms with Gasteiger partial charge in [0.2, 0.25) is 5.91 Å². The van der Waals surface area contributed by atoms with Crippen LogP contribution in [0, 0.1) is 5.92 Å². The van der Waals surface area contributed by atoms with Gasteiger partial charge >= 0.3 is 6.03 Å². The molecule has 0 radical (unpaired) electrons. The van der Waals surface area contributed by atoms with E-state index in [0.29, 0.717) is 24.2 Å². The maximum Gasteiger partial charge on any atom is 0.328 e. The molecule has 2 fully saturated rings. The third-order valence-corrected chi connectivity index (χ3v) is 5.42. The third-order valence-electron chi connectivity index (χ3n) is 5.42. The van der Waals surface area contributed by atoms with Crippen molar-refractivity contribution in [2.24, 2.45) is 5.92 Å². The fourth-order valence-corrected chi connectivity index (χ4v) is 3.90. The number of carbonyl (C=O) groups excluding carboxylic acids is 3. The Morgan fingerprint density at radius 2 is 1.90 bits per heavy atom. The topological polar surface area (TPSA) is 103 Å². The van der Waals surface area contributed by atoms with E-state index in [-0.39, 0.29) is 37.2 Å². The van der Waals surface area contributed by atoms with Gasteiger partial charge in [-0.15, -0.1) is 0 Å². The molecule has 2 aliphatic rings. The van der Waals surface area contributed by atoms with Crippen molar-refractivity contribution >= 4 is 23.5 Å². The van der Waals surface area contributed by atoms with Crippen LogP contribution < -0.4 is 10.2 Å². The number of aromatic nitrogens is 1. The first-order chi connectivity index (χ1) is 14.0. The second-order valence-electron chi connectivity index (χ2n) is 7.37. The zero-order valence-corrected chi connectivity index (χ0v) is 15.8. The van der Waals surface area contributed by atoms with Crippen molar-refractivity contribution in [2.75, 3.05) is 24.5 Å². The third kappa shape index (κ3) is 3.97. The molecule has 0 saturated carbocycles. The molecule has 4 amide bonds. The first-order valence-corrected chi connectivity index (χ1v) is 9.59. The van der Waals surface area contributed by atoms with Gasteiger partial charge in [0.05, 0.1) is 17.4 Å². The SMILES string of the molecule is O=C1CCN(c2ccccc2C(=O)N2C[C@@H](Cc3ccncc3)[C@H](O)C2)C(=O)N1. The number of carbonyl (C=O) groups is 3. The number of hydrogen-bond acceptors (Lipinski definition) is 5. The van der Waals surface area contributed by atoms with Crippen molar-refractivity contribution in [3.63, 3.8) is 0 Å². The highest BCUT2D eigenvalue weighted by molar-refractivity contribution is 6.09. The Balaban J connectivity index is 1.52. The van der Waals surface area contributed by atoms with Gasteiger partial charge in [-0.05, 0) is 36.2 Å². The maximum absolute atomic E-state index is 13.2. The van der Waals surface area contributed by atoms with Gasteiger partial charge in [0.1, 0.15) is 0 Å². The predicted molar refractivity (Wildman–Crippen MR) is 105 cm³/mol. The summed E-state index contributed by atoms with van der Waals surface area (Å²) in [6.45, 7) is 0.900. The van der Waals surface area contributed by atoms with E-state index >= 15 is 0 Å². The van der Waals surface area contributed by atoms with E-state index in [1.54, 1.807) is 41.6 Å². The Labute approximate surface area is 168 Å². The summed E-state index contributed by atoms with van der Waals surface area (Å²) < 4.78 is 0. The molecular weight excluding hydrogens is 372 g/mol. The summed E-state index contributed by atoms with van der Waals surface area (Å²) >= 11 is 0. The highest BCUT2D eigenvalue weighted by Crippen LogP contribution is 2.28. The van der Waals surface area contributed by atoms with Crippen molar-refractivity contribution in [3.05, 3.63) is 59.9 Å². The number of pyridine rings is 1. The Morgan fingerprint density at radius 1 is 1.14 bits per heavy atom. The van der Waals surface area contributed by atoms with E-state index in [1.807, 2.05) is 12.1 Å². The van der Waals surface area contributed by atoms with Gasteiger partial charge < -0.3 is 10.0 Å². The molecule has 8 heteroatoms. The van der Waals surface area contributed by atoms with Crippen molar-refractivity contribution in [2.45, 2.75) is 18.9 Å². The maximum atomic E-state index is 13.2. The minimum absolute atomic E-state index is 0.0654. The summed E-state index contributed by atoms with van der Waals surface area (Å²) in [5.74, 6) is -0.623. The molecule has 1 aromatic heterocycles. The van der Waals surface area contributed by atoms with Crippen molar-refractivity contribution in [1.29, 1.82) is 0 Å². The number of aliphatic hydroxyl groups excluding tert-OH is 1. The molecule has 0 aliphatic carbocycles. The number of β-amino-alcohol motifs (C(OH)–C–C–N with tert-alkyl or cyclic N) is 1. The van der Waals surface area contributed by atoms with E-state index in [0.717, 1.165) is 5.56 Å². The highest BCUT2D eigenvalue weighted by atomic mass is 16.3. The van der Waals surface area contributed by atoms with Crippen LogP contribution in [0.4, 0.5) is 10.5 Å². The fourth-order valence-electron chi connectivity index (χ4n) is 3.90. The van der Waals surface area contributed by atoms with Gasteiger partial charge in [0, 0.05) is 44.4 Å². The van der Waals surface area contributed by atoms with E-state index in [2.05, 4.69) is 10.3 Å². The molecule has 0 unspecified atom stereocenters. The Morgan fingerprint density at radius 3 is 2.66 bits per heavy atom. The monoisotopic (exact) mass is 394 g/mol. The van der Waals surface area contributed by atoms with Crippen LogP contribution in [0.5, 0.6) is 0 Å². The number of imide groups is 1. The number of hydrogen-bond donors (Lipinski definition) is 2. The molecule has 1 aromatic carbocycles. The van der Waals surface area contributed by atoms with Crippen molar-refractivity contribution in [1.82, 2.24) is 15.2 Å². The summed E-state index contributed by atoms with van der Waals surface area (Å²) in [5, 5.41) is 12.8. The molecule has 2 aromatic rings. The smallest absolute Gasteiger partial charge is 0.328 e. The number of anilines is 1. The molecule has 3 heterocycles. The van der Waals surface area contributed by atoms with Crippen LogP contribution >= 0.6 is 0 Å². The number of nitrogens with one attached hydrogen (secondary N) is 1. The summed E-state index contributed by atoms with van der Waals surface area (Å²) in [4.78, 5) is 43.9. The van der Waals surface area contributed by atoms with Gasteiger partial charge in [-0.3, -0.25) is 24.8 Å². The molecule has 150 valence electrons. The number of rotatable bonds is 4. The lowest BCUT2D eigenvalue weighted by Crippen LogP contribution is -2.50. The molecule has 8 nitrogen and oxygen atoms in total. The van der Waals surface area contributed by atoms with E-state index in [9.17, 15) is 19.5 Å². The lowest BCUT2D eigenvalue weighted by molar-refractivity contribution is -0.120. The number of urea groups is 1. The van der Waals surface area contributed by atoms with Crippen molar-refractivity contribution in [3.8, 4) is 0 Å². The van der Waals surface area contributed by atoms with Gasteiger partial charge in [0.15, 0.2) is 0 Å². The highest BCUT2D eigenvalue weighted by Gasteiger charge is 2.36. The zero-order valence-electron chi connectivity index (χ0n) is 15.8. The first kappa shape index (κ1) is 19.1. The molecule has 2 N–H and O–H groups in total. The lowest BCUT2D eigenvalue weighted by atomic mass is 9.97. The van der Waals surface area contributed by atoms with Crippen LogP contribution in [0.3, 0.4) is 0 Å². The average Bonchev–Trinajstić information content (AvgIpc) is 3.09. The Kier molecular flexibility index (Phi) is 5.26. The minimum atomic E-state index is -0.616. The number of amides is 4.